The summed E-state index contributed by atoms with van der Waals surface area (Å²) >= 11 is 0. The van der Waals surface area contributed by atoms with E-state index in [2.05, 4.69) is 15.8 Å². The molecule has 0 aliphatic carbocycles. The van der Waals surface area contributed by atoms with Crippen LogP contribution in [-0.2, 0) is 0 Å². The molecule has 3 rings (SSSR count). The fourth-order valence-corrected chi connectivity index (χ4v) is 2.89. The highest BCUT2D eigenvalue weighted by Gasteiger charge is 2.16. The predicted octanol–water partition coefficient (Wildman–Crippen LogP) is 3.72. The number of para-hydroxylation sites is 2. The first-order valence-electron chi connectivity index (χ1n) is 9.83. The molecule has 0 atom stereocenters. The molecule has 0 aliphatic heterocycles. The van der Waals surface area contributed by atoms with Gasteiger partial charge in [0.1, 0.15) is 11.5 Å². The number of hydrazone groups is 1. The van der Waals surface area contributed by atoms with Gasteiger partial charge in [-0.25, -0.2) is 5.43 Å². The predicted molar refractivity (Wildman–Crippen MR) is 122 cm³/mol. The van der Waals surface area contributed by atoms with Crippen LogP contribution in [-0.4, -0.2) is 34.7 Å². The topological polar surface area (TPSA) is 143 Å². The van der Waals surface area contributed by atoms with Crippen LogP contribution in [0.15, 0.2) is 71.8 Å². The normalized spacial score (nSPS) is 10.6. The van der Waals surface area contributed by atoms with Crippen LogP contribution in [0.1, 0.15) is 33.2 Å². The highest BCUT2D eigenvalue weighted by atomic mass is 16.6. The van der Waals surface area contributed by atoms with Gasteiger partial charge in [-0.05, 0) is 37.3 Å². The van der Waals surface area contributed by atoms with E-state index in [9.17, 15) is 24.8 Å². The number of anilines is 1. The second-order valence-electron chi connectivity index (χ2n) is 6.63. The number of nitrogens with zero attached hydrogens (tertiary/aromatic N) is 2. The fraction of sp³-hybridized carbons (Fsp3) is 0.0870. The van der Waals surface area contributed by atoms with Crippen molar-refractivity contribution in [2.45, 2.75) is 6.92 Å². The number of carbonyl (C=O) groups excluding carboxylic acids is 2. The Balaban J connectivity index is 1.76. The molecule has 0 unspecified atom stereocenters. The van der Waals surface area contributed by atoms with E-state index in [1.54, 1.807) is 42.5 Å². The van der Waals surface area contributed by atoms with E-state index < -0.39 is 16.7 Å². The van der Waals surface area contributed by atoms with Gasteiger partial charge in [-0.1, -0.05) is 24.3 Å². The molecular formula is C23H20N4O6. The molecule has 3 aromatic carbocycles. The van der Waals surface area contributed by atoms with Crippen LogP contribution in [0, 0.1) is 10.1 Å². The maximum absolute atomic E-state index is 12.8. The Morgan fingerprint density at radius 3 is 2.48 bits per heavy atom. The van der Waals surface area contributed by atoms with Crippen LogP contribution in [0.2, 0.25) is 0 Å². The highest BCUT2D eigenvalue weighted by Crippen LogP contribution is 2.23. The van der Waals surface area contributed by atoms with Gasteiger partial charge in [-0.2, -0.15) is 5.10 Å². The van der Waals surface area contributed by atoms with Gasteiger partial charge >= 0.3 is 0 Å². The number of amides is 2. The monoisotopic (exact) mass is 448 g/mol. The van der Waals surface area contributed by atoms with Gasteiger partial charge in [0.2, 0.25) is 0 Å². The molecule has 2 amide bonds. The Morgan fingerprint density at radius 2 is 1.76 bits per heavy atom. The number of nitrogens with one attached hydrogen (secondary N) is 2. The summed E-state index contributed by atoms with van der Waals surface area (Å²) in [5.41, 5.74) is 2.80. The number of carbonyl (C=O) groups is 2. The summed E-state index contributed by atoms with van der Waals surface area (Å²) in [6, 6.07) is 16.5. The summed E-state index contributed by atoms with van der Waals surface area (Å²) in [5, 5.41) is 27.2. The Bertz CT molecular complexity index is 1230. The van der Waals surface area contributed by atoms with Crippen molar-refractivity contribution < 1.29 is 24.4 Å². The van der Waals surface area contributed by atoms with E-state index in [4.69, 9.17) is 4.74 Å². The first-order chi connectivity index (χ1) is 15.9. The van der Waals surface area contributed by atoms with Crippen molar-refractivity contribution in [3.8, 4) is 11.5 Å². The Kier molecular flexibility index (Phi) is 7.32. The minimum atomic E-state index is -0.634. The number of phenolic OH excluding ortho intramolecular Hbond substituents is 1. The summed E-state index contributed by atoms with van der Waals surface area (Å²) in [6.45, 7) is 2.20. The molecular weight excluding hydrogens is 428 g/mol. The summed E-state index contributed by atoms with van der Waals surface area (Å²) in [7, 11) is 0. The first-order valence-corrected chi connectivity index (χ1v) is 9.83. The van der Waals surface area contributed by atoms with Gasteiger partial charge < -0.3 is 15.2 Å². The van der Waals surface area contributed by atoms with Gasteiger partial charge in [-0.3, -0.25) is 19.7 Å². The largest absolute Gasteiger partial charge is 0.507 e. The maximum Gasteiger partial charge on any atom is 0.273 e. The first kappa shape index (κ1) is 22.9. The van der Waals surface area contributed by atoms with Crippen LogP contribution in [0.25, 0.3) is 0 Å². The molecule has 0 aromatic heterocycles. The second kappa shape index (κ2) is 10.5. The summed E-state index contributed by atoms with van der Waals surface area (Å²) in [6.07, 6.45) is 1.08. The highest BCUT2D eigenvalue weighted by molar-refractivity contribution is 6.10. The lowest BCUT2D eigenvalue weighted by Gasteiger charge is -2.12. The SMILES string of the molecule is CCOc1ccccc1C(=O)Nc1ccccc1C(=O)N/N=C\c1cc([N+](=O)[O-])ccc1O. The third-order valence-electron chi connectivity index (χ3n) is 4.44. The third-order valence-corrected chi connectivity index (χ3v) is 4.44. The number of hydrogen-bond acceptors (Lipinski definition) is 7. The van der Waals surface area contributed by atoms with Crippen LogP contribution in [0.5, 0.6) is 11.5 Å². The summed E-state index contributed by atoms with van der Waals surface area (Å²) in [5.74, 6) is -0.908. The Labute approximate surface area is 188 Å². The average molecular weight is 448 g/mol. The number of ether oxygens (including phenoxy) is 1. The minimum Gasteiger partial charge on any atom is -0.507 e. The standard InChI is InChI=1S/C23H20N4O6/c1-2-33-21-10-6-4-8-18(21)22(29)25-19-9-5-3-7-17(19)23(30)26-24-14-15-13-16(27(31)32)11-12-20(15)28/h3-14,28H,2H2,1H3,(H,25,29)(H,26,30)/b24-14-. The third kappa shape index (κ3) is 5.70. The van der Waals surface area contributed by atoms with Crippen molar-refractivity contribution in [3.63, 3.8) is 0 Å². The van der Waals surface area contributed by atoms with Crippen molar-refractivity contribution in [2.24, 2.45) is 5.10 Å². The molecule has 0 saturated heterocycles. The molecule has 0 spiro atoms. The van der Waals surface area contributed by atoms with Gasteiger partial charge in [0.05, 0.1) is 34.6 Å². The van der Waals surface area contributed by atoms with Crippen LogP contribution in [0.3, 0.4) is 0 Å². The minimum absolute atomic E-state index is 0.0543. The number of phenols is 1. The van der Waals surface area contributed by atoms with Gasteiger partial charge in [0, 0.05) is 17.7 Å². The molecule has 3 N–H and O–H groups in total. The average Bonchev–Trinajstić information content (AvgIpc) is 2.81. The van der Waals surface area contributed by atoms with Crippen molar-refractivity contribution in [1.29, 1.82) is 0 Å². The van der Waals surface area contributed by atoms with Crippen molar-refractivity contribution in [3.05, 3.63) is 93.5 Å². The molecule has 0 aliphatic rings. The Hall–Kier alpha value is -4.73. The maximum atomic E-state index is 12.8. The zero-order chi connectivity index (χ0) is 23.8. The van der Waals surface area contributed by atoms with Crippen molar-refractivity contribution >= 4 is 29.4 Å². The van der Waals surface area contributed by atoms with Gasteiger partial charge in [0.25, 0.3) is 17.5 Å². The van der Waals surface area contributed by atoms with Crippen molar-refractivity contribution in [1.82, 2.24) is 5.43 Å². The molecule has 0 heterocycles. The number of aromatic hydroxyl groups is 1. The van der Waals surface area contributed by atoms with E-state index in [1.807, 2.05) is 6.92 Å². The van der Waals surface area contributed by atoms with Gasteiger partial charge in [0.15, 0.2) is 0 Å². The number of rotatable bonds is 8. The van der Waals surface area contributed by atoms with E-state index >= 15 is 0 Å². The lowest BCUT2D eigenvalue weighted by molar-refractivity contribution is -0.384. The van der Waals surface area contributed by atoms with Crippen LogP contribution in [0.4, 0.5) is 11.4 Å². The number of non-ortho nitro benzene ring substituents is 1. The lowest BCUT2D eigenvalue weighted by Crippen LogP contribution is -2.21. The molecule has 0 bridgehead atoms. The van der Waals surface area contributed by atoms with Gasteiger partial charge in [-0.15, -0.1) is 0 Å². The van der Waals surface area contributed by atoms with Crippen LogP contribution >= 0.6 is 0 Å². The smallest absolute Gasteiger partial charge is 0.273 e. The molecule has 3 aromatic rings. The molecule has 10 heteroatoms. The zero-order valence-corrected chi connectivity index (χ0v) is 17.5. The summed E-state index contributed by atoms with van der Waals surface area (Å²) in [4.78, 5) is 35.7. The zero-order valence-electron chi connectivity index (χ0n) is 17.5. The molecule has 0 radical (unpaired) electrons. The quantitative estimate of drug-likeness (QED) is 0.272. The fourth-order valence-electron chi connectivity index (χ4n) is 2.89. The number of benzene rings is 3. The molecule has 0 fully saturated rings. The number of hydrogen-bond donors (Lipinski definition) is 3. The molecule has 33 heavy (non-hydrogen) atoms. The van der Waals surface area contributed by atoms with E-state index in [0.717, 1.165) is 24.4 Å². The lowest BCUT2D eigenvalue weighted by atomic mass is 10.1. The van der Waals surface area contributed by atoms with E-state index in [-0.39, 0.29) is 28.3 Å². The van der Waals surface area contributed by atoms with E-state index in [0.29, 0.717) is 17.9 Å². The molecule has 0 saturated carbocycles. The molecule has 10 nitrogen and oxygen atoms in total. The van der Waals surface area contributed by atoms with Crippen molar-refractivity contribution in [2.75, 3.05) is 11.9 Å². The van der Waals surface area contributed by atoms with E-state index in [1.165, 1.54) is 6.07 Å². The number of nitro benzene ring substituents is 1. The Morgan fingerprint density at radius 1 is 1.06 bits per heavy atom. The summed E-state index contributed by atoms with van der Waals surface area (Å²) < 4.78 is 5.48. The van der Waals surface area contributed by atoms with Crippen LogP contribution < -0.4 is 15.5 Å². The second-order valence-corrected chi connectivity index (χ2v) is 6.63. The molecule has 168 valence electrons. The number of nitro groups is 1.